The SMILES string of the molecule is Cc1nc(CNC(=O)CCc2cccs2)sc1C. The first-order chi connectivity index (χ1) is 8.65. The van der Waals surface area contributed by atoms with E-state index in [1.165, 1.54) is 9.75 Å². The van der Waals surface area contributed by atoms with Crippen LogP contribution in [0.15, 0.2) is 17.5 Å². The van der Waals surface area contributed by atoms with Gasteiger partial charge in [-0.15, -0.1) is 22.7 Å². The Morgan fingerprint density at radius 2 is 2.28 bits per heavy atom. The van der Waals surface area contributed by atoms with E-state index < -0.39 is 0 Å². The lowest BCUT2D eigenvalue weighted by Gasteiger charge is -2.01. The molecule has 0 bridgehead atoms. The third-order valence-electron chi connectivity index (χ3n) is 2.69. The Morgan fingerprint density at radius 3 is 2.89 bits per heavy atom. The van der Waals surface area contributed by atoms with Crippen LogP contribution in [0.2, 0.25) is 0 Å². The molecule has 0 radical (unpaired) electrons. The van der Waals surface area contributed by atoms with Crippen molar-refractivity contribution in [2.75, 3.05) is 0 Å². The number of nitrogens with one attached hydrogen (secondary N) is 1. The fourth-order valence-electron chi connectivity index (χ4n) is 1.57. The zero-order chi connectivity index (χ0) is 13.0. The average Bonchev–Trinajstić information content (AvgIpc) is 2.95. The van der Waals surface area contributed by atoms with Crippen LogP contribution in [-0.4, -0.2) is 10.9 Å². The van der Waals surface area contributed by atoms with E-state index in [1.54, 1.807) is 22.7 Å². The number of carbonyl (C=O) groups excluding carboxylic acids is 1. The van der Waals surface area contributed by atoms with E-state index in [-0.39, 0.29) is 5.91 Å². The van der Waals surface area contributed by atoms with Gasteiger partial charge in [0.2, 0.25) is 5.91 Å². The van der Waals surface area contributed by atoms with Crippen LogP contribution in [-0.2, 0) is 17.8 Å². The number of nitrogens with zero attached hydrogens (tertiary/aromatic N) is 1. The van der Waals surface area contributed by atoms with Crippen molar-refractivity contribution < 1.29 is 4.79 Å². The highest BCUT2D eigenvalue weighted by atomic mass is 32.1. The van der Waals surface area contributed by atoms with E-state index in [0.717, 1.165) is 17.1 Å². The van der Waals surface area contributed by atoms with Crippen LogP contribution in [0.3, 0.4) is 0 Å². The highest BCUT2D eigenvalue weighted by Crippen LogP contribution is 2.16. The summed E-state index contributed by atoms with van der Waals surface area (Å²) >= 11 is 3.34. The van der Waals surface area contributed by atoms with Crippen molar-refractivity contribution in [3.05, 3.63) is 38.0 Å². The topological polar surface area (TPSA) is 42.0 Å². The monoisotopic (exact) mass is 280 g/mol. The van der Waals surface area contributed by atoms with Gasteiger partial charge in [0.15, 0.2) is 0 Å². The minimum absolute atomic E-state index is 0.0916. The molecule has 0 atom stereocenters. The summed E-state index contributed by atoms with van der Waals surface area (Å²) in [6.45, 7) is 4.59. The smallest absolute Gasteiger partial charge is 0.220 e. The van der Waals surface area contributed by atoms with Crippen LogP contribution in [0.1, 0.15) is 26.9 Å². The molecule has 96 valence electrons. The standard InChI is InChI=1S/C13H16N2OS2/c1-9-10(2)18-13(15-9)8-14-12(16)6-5-11-4-3-7-17-11/h3-4,7H,5-6,8H2,1-2H3,(H,14,16). The van der Waals surface area contributed by atoms with E-state index in [9.17, 15) is 4.79 Å². The Balaban J connectivity index is 1.74. The molecule has 2 aromatic rings. The average molecular weight is 280 g/mol. The zero-order valence-corrected chi connectivity index (χ0v) is 12.2. The van der Waals surface area contributed by atoms with Gasteiger partial charge in [0, 0.05) is 16.2 Å². The van der Waals surface area contributed by atoms with Crippen LogP contribution in [0.5, 0.6) is 0 Å². The van der Waals surface area contributed by atoms with Crippen molar-refractivity contribution in [3.63, 3.8) is 0 Å². The van der Waals surface area contributed by atoms with Crippen LogP contribution < -0.4 is 5.32 Å². The van der Waals surface area contributed by atoms with Crippen molar-refractivity contribution in [2.45, 2.75) is 33.2 Å². The van der Waals surface area contributed by atoms with Crippen molar-refractivity contribution in [1.29, 1.82) is 0 Å². The first-order valence-electron chi connectivity index (χ1n) is 5.87. The summed E-state index contributed by atoms with van der Waals surface area (Å²) in [5.41, 5.74) is 1.06. The molecule has 1 amide bonds. The van der Waals surface area contributed by atoms with E-state index in [2.05, 4.69) is 23.3 Å². The van der Waals surface area contributed by atoms with Gasteiger partial charge >= 0.3 is 0 Å². The quantitative estimate of drug-likeness (QED) is 0.914. The van der Waals surface area contributed by atoms with Crippen LogP contribution in [0, 0.1) is 13.8 Å². The number of rotatable bonds is 5. The summed E-state index contributed by atoms with van der Waals surface area (Å²) in [4.78, 5) is 18.5. The summed E-state index contributed by atoms with van der Waals surface area (Å²) in [5.74, 6) is 0.0916. The Kier molecular flexibility index (Phi) is 4.49. The van der Waals surface area contributed by atoms with E-state index in [4.69, 9.17) is 0 Å². The Morgan fingerprint density at radius 1 is 1.44 bits per heavy atom. The summed E-state index contributed by atoms with van der Waals surface area (Å²) in [6.07, 6.45) is 1.36. The highest BCUT2D eigenvalue weighted by molar-refractivity contribution is 7.11. The third-order valence-corrected chi connectivity index (χ3v) is 4.70. The number of carbonyl (C=O) groups is 1. The van der Waals surface area contributed by atoms with Gasteiger partial charge in [-0.1, -0.05) is 6.07 Å². The molecule has 5 heteroatoms. The lowest BCUT2D eigenvalue weighted by molar-refractivity contribution is -0.121. The predicted octanol–water partition coefficient (Wildman–Crippen LogP) is 3.07. The molecule has 0 saturated heterocycles. The summed E-state index contributed by atoms with van der Waals surface area (Å²) in [7, 11) is 0. The van der Waals surface area contributed by atoms with Crippen molar-refractivity contribution >= 4 is 28.6 Å². The number of aryl methyl sites for hydroxylation is 3. The summed E-state index contributed by atoms with van der Waals surface area (Å²) in [5, 5.41) is 5.93. The molecule has 0 spiro atoms. The number of thiophene rings is 1. The first-order valence-corrected chi connectivity index (χ1v) is 7.57. The van der Waals surface area contributed by atoms with E-state index in [0.29, 0.717) is 13.0 Å². The second kappa shape index (κ2) is 6.11. The molecule has 2 rings (SSSR count). The molecule has 2 heterocycles. The summed E-state index contributed by atoms with van der Waals surface area (Å²) in [6, 6.07) is 4.07. The molecular formula is C13H16N2OS2. The largest absolute Gasteiger partial charge is 0.350 e. The van der Waals surface area contributed by atoms with Crippen molar-refractivity contribution in [2.24, 2.45) is 0 Å². The van der Waals surface area contributed by atoms with Gasteiger partial charge in [-0.05, 0) is 31.7 Å². The molecule has 2 aromatic heterocycles. The molecule has 0 unspecified atom stereocenters. The number of amides is 1. The van der Waals surface area contributed by atoms with Gasteiger partial charge in [-0.2, -0.15) is 0 Å². The number of hydrogen-bond donors (Lipinski definition) is 1. The maximum atomic E-state index is 11.7. The Bertz CT molecular complexity index is 498. The van der Waals surface area contributed by atoms with E-state index >= 15 is 0 Å². The minimum atomic E-state index is 0.0916. The maximum absolute atomic E-state index is 11.7. The normalized spacial score (nSPS) is 10.6. The highest BCUT2D eigenvalue weighted by Gasteiger charge is 2.06. The van der Waals surface area contributed by atoms with Gasteiger partial charge in [0.25, 0.3) is 0 Å². The lowest BCUT2D eigenvalue weighted by atomic mass is 10.2. The fourth-order valence-corrected chi connectivity index (χ4v) is 3.15. The van der Waals surface area contributed by atoms with E-state index in [1.807, 2.05) is 18.4 Å². The minimum Gasteiger partial charge on any atom is -0.350 e. The second-order valence-electron chi connectivity index (χ2n) is 4.11. The predicted molar refractivity (Wildman–Crippen MR) is 76.1 cm³/mol. The molecular weight excluding hydrogens is 264 g/mol. The van der Waals surface area contributed by atoms with Crippen LogP contribution in [0.4, 0.5) is 0 Å². The second-order valence-corrected chi connectivity index (χ2v) is 6.43. The number of hydrogen-bond acceptors (Lipinski definition) is 4. The maximum Gasteiger partial charge on any atom is 0.220 e. The van der Waals surface area contributed by atoms with Gasteiger partial charge in [0.05, 0.1) is 12.2 Å². The first kappa shape index (κ1) is 13.2. The van der Waals surface area contributed by atoms with Crippen LogP contribution >= 0.6 is 22.7 Å². The summed E-state index contributed by atoms with van der Waals surface area (Å²) < 4.78 is 0. The van der Waals surface area contributed by atoms with Crippen molar-refractivity contribution in [3.8, 4) is 0 Å². The van der Waals surface area contributed by atoms with Crippen molar-refractivity contribution in [1.82, 2.24) is 10.3 Å². The van der Waals surface area contributed by atoms with Gasteiger partial charge in [-0.3, -0.25) is 4.79 Å². The van der Waals surface area contributed by atoms with Gasteiger partial charge < -0.3 is 5.32 Å². The number of aromatic nitrogens is 1. The molecule has 0 aliphatic heterocycles. The molecule has 0 fully saturated rings. The number of thiazole rings is 1. The molecule has 0 saturated carbocycles. The van der Waals surface area contributed by atoms with Gasteiger partial charge in [0.1, 0.15) is 5.01 Å². The van der Waals surface area contributed by atoms with Gasteiger partial charge in [-0.25, -0.2) is 4.98 Å². The van der Waals surface area contributed by atoms with Crippen LogP contribution in [0.25, 0.3) is 0 Å². The molecule has 0 aliphatic carbocycles. The zero-order valence-electron chi connectivity index (χ0n) is 10.5. The third kappa shape index (κ3) is 3.65. The fraction of sp³-hybridized carbons (Fsp3) is 0.385. The molecule has 18 heavy (non-hydrogen) atoms. The molecule has 3 nitrogen and oxygen atoms in total. The Hall–Kier alpha value is -1.20. The molecule has 1 N–H and O–H groups in total. The lowest BCUT2D eigenvalue weighted by Crippen LogP contribution is -2.22. The molecule has 0 aromatic carbocycles. The Labute approximate surface area is 115 Å². The molecule has 0 aliphatic rings.